The molecule has 0 amide bonds. The van der Waals surface area contributed by atoms with Gasteiger partial charge in [0.2, 0.25) is 0 Å². The first-order valence-electron chi connectivity index (χ1n) is 4.65. The average molecular weight is 236 g/mol. The summed E-state index contributed by atoms with van der Waals surface area (Å²) < 4.78 is 5.31. The van der Waals surface area contributed by atoms with Gasteiger partial charge in [-0.25, -0.2) is 0 Å². The minimum atomic E-state index is 0.864. The Morgan fingerprint density at radius 1 is 1.42 bits per heavy atom. The van der Waals surface area contributed by atoms with Gasteiger partial charge in [-0.1, -0.05) is 15.9 Å². The zero-order chi connectivity index (χ0) is 8.81. The van der Waals surface area contributed by atoms with Crippen LogP contribution < -0.4 is 0 Å². The summed E-state index contributed by atoms with van der Waals surface area (Å²) in [6, 6.07) is 0. The summed E-state index contributed by atoms with van der Waals surface area (Å²) in [4.78, 5) is 2.39. The fraction of sp³-hybridized carbons (Fsp3) is 1.00. The summed E-state index contributed by atoms with van der Waals surface area (Å²) >= 11 is 3.45. The standard InChI is InChI=1S/C9H18BrNO/c1-11(5-4-10)8-9-2-6-12-7-3-9/h9H,2-8H2,1H3. The van der Waals surface area contributed by atoms with Gasteiger partial charge in [0, 0.05) is 31.6 Å². The Kier molecular flexibility index (Phi) is 5.19. The van der Waals surface area contributed by atoms with Gasteiger partial charge in [0.1, 0.15) is 0 Å². The maximum Gasteiger partial charge on any atom is 0.0469 e. The quantitative estimate of drug-likeness (QED) is 0.689. The maximum atomic E-state index is 5.31. The summed E-state index contributed by atoms with van der Waals surface area (Å²) in [5.41, 5.74) is 0. The molecule has 3 heteroatoms. The number of nitrogens with zero attached hydrogens (tertiary/aromatic N) is 1. The number of halogens is 1. The lowest BCUT2D eigenvalue weighted by Crippen LogP contribution is -2.30. The van der Waals surface area contributed by atoms with Crippen LogP contribution in [0.5, 0.6) is 0 Å². The Hall–Kier alpha value is 0.400. The van der Waals surface area contributed by atoms with Crippen molar-refractivity contribution >= 4 is 15.9 Å². The lowest BCUT2D eigenvalue weighted by Gasteiger charge is -2.26. The molecular formula is C9H18BrNO. The molecule has 2 nitrogen and oxygen atoms in total. The average Bonchev–Trinajstić information content (AvgIpc) is 2.06. The van der Waals surface area contributed by atoms with Crippen LogP contribution in [0.4, 0.5) is 0 Å². The van der Waals surface area contributed by atoms with E-state index in [0.717, 1.165) is 31.0 Å². The number of ether oxygens (including phenoxy) is 1. The van der Waals surface area contributed by atoms with Crippen molar-refractivity contribution < 1.29 is 4.74 Å². The lowest BCUT2D eigenvalue weighted by atomic mass is 10.00. The molecule has 0 aromatic carbocycles. The minimum absolute atomic E-state index is 0.864. The maximum absolute atomic E-state index is 5.31. The van der Waals surface area contributed by atoms with Crippen LogP contribution in [-0.4, -0.2) is 43.6 Å². The Morgan fingerprint density at radius 3 is 2.67 bits per heavy atom. The summed E-state index contributed by atoms with van der Waals surface area (Å²) in [6.07, 6.45) is 2.49. The summed E-state index contributed by atoms with van der Waals surface area (Å²) in [5.74, 6) is 0.864. The van der Waals surface area contributed by atoms with Gasteiger partial charge >= 0.3 is 0 Å². The molecule has 1 heterocycles. The third kappa shape index (κ3) is 3.87. The first-order chi connectivity index (χ1) is 5.83. The van der Waals surface area contributed by atoms with Gasteiger partial charge in [-0.15, -0.1) is 0 Å². The van der Waals surface area contributed by atoms with E-state index >= 15 is 0 Å². The van der Waals surface area contributed by atoms with E-state index in [-0.39, 0.29) is 0 Å². The zero-order valence-electron chi connectivity index (χ0n) is 7.76. The molecule has 0 aromatic rings. The van der Waals surface area contributed by atoms with Gasteiger partial charge in [0.25, 0.3) is 0 Å². The van der Waals surface area contributed by atoms with Gasteiger partial charge in [-0.2, -0.15) is 0 Å². The largest absolute Gasteiger partial charge is 0.381 e. The zero-order valence-corrected chi connectivity index (χ0v) is 9.35. The summed E-state index contributed by atoms with van der Waals surface area (Å²) in [6.45, 7) is 4.31. The molecule has 0 radical (unpaired) electrons. The molecule has 0 unspecified atom stereocenters. The Bertz CT molecular complexity index is 115. The second kappa shape index (κ2) is 5.95. The highest BCUT2D eigenvalue weighted by atomic mass is 79.9. The van der Waals surface area contributed by atoms with E-state index in [9.17, 15) is 0 Å². The van der Waals surface area contributed by atoms with Crippen molar-refractivity contribution in [3.8, 4) is 0 Å². The van der Waals surface area contributed by atoms with Crippen LogP contribution in [0.3, 0.4) is 0 Å². The van der Waals surface area contributed by atoms with Crippen LogP contribution in [0.1, 0.15) is 12.8 Å². The van der Waals surface area contributed by atoms with Gasteiger partial charge in [0.15, 0.2) is 0 Å². The highest BCUT2D eigenvalue weighted by Crippen LogP contribution is 2.15. The Labute approximate surface area is 83.4 Å². The van der Waals surface area contributed by atoms with Crippen molar-refractivity contribution in [3.05, 3.63) is 0 Å². The molecule has 72 valence electrons. The van der Waals surface area contributed by atoms with Crippen LogP contribution in [-0.2, 0) is 4.74 Å². The lowest BCUT2D eigenvalue weighted by molar-refractivity contribution is 0.0564. The molecule has 0 atom stereocenters. The molecule has 1 saturated heterocycles. The summed E-state index contributed by atoms with van der Waals surface area (Å²) in [7, 11) is 2.19. The smallest absolute Gasteiger partial charge is 0.0469 e. The highest BCUT2D eigenvalue weighted by Gasteiger charge is 2.14. The predicted molar refractivity (Wildman–Crippen MR) is 54.8 cm³/mol. The Balaban J connectivity index is 2.11. The van der Waals surface area contributed by atoms with Crippen molar-refractivity contribution in [2.45, 2.75) is 12.8 Å². The molecule has 0 N–H and O–H groups in total. The van der Waals surface area contributed by atoms with Gasteiger partial charge in [-0.05, 0) is 25.8 Å². The van der Waals surface area contributed by atoms with Crippen molar-refractivity contribution in [2.75, 3.05) is 38.7 Å². The monoisotopic (exact) mass is 235 g/mol. The fourth-order valence-electron chi connectivity index (χ4n) is 1.61. The van der Waals surface area contributed by atoms with E-state index in [1.165, 1.54) is 19.4 Å². The normalized spacial score (nSPS) is 20.2. The first-order valence-corrected chi connectivity index (χ1v) is 5.77. The molecule has 12 heavy (non-hydrogen) atoms. The Morgan fingerprint density at radius 2 is 2.08 bits per heavy atom. The predicted octanol–water partition coefficient (Wildman–Crippen LogP) is 1.74. The van der Waals surface area contributed by atoms with Gasteiger partial charge in [0.05, 0.1) is 0 Å². The molecule has 0 saturated carbocycles. The number of rotatable bonds is 4. The van der Waals surface area contributed by atoms with Crippen LogP contribution in [0.25, 0.3) is 0 Å². The SMILES string of the molecule is CN(CCBr)CC1CCOCC1. The number of hydrogen-bond donors (Lipinski definition) is 0. The van der Waals surface area contributed by atoms with E-state index in [2.05, 4.69) is 27.9 Å². The van der Waals surface area contributed by atoms with Crippen molar-refractivity contribution in [2.24, 2.45) is 5.92 Å². The second-order valence-electron chi connectivity index (χ2n) is 3.51. The fourth-order valence-corrected chi connectivity index (χ4v) is 2.21. The third-order valence-electron chi connectivity index (χ3n) is 2.38. The number of hydrogen-bond acceptors (Lipinski definition) is 2. The topological polar surface area (TPSA) is 12.5 Å². The van der Waals surface area contributed by atoms with E-state index in [1.807, 2.05) is 0 Å². The van der Waals surface area contributed by atoms with Gasteiger partial charge < -0.3 is 9.64 Å². The van der Waals surface area contributed by atoms with Crippen LogP contribution in [0, 0.1) is 5.92 Å². The molecule has 1 aliphatic rings. The van der Waals surface area contributed by atoms with Crippen LogP contribution in [0.2, 0.25) is 0 Å². The van der Waals surface area contributed by atoms with E-state index in [4.69, 9.17) is 4.74 Å². The van der Waals surface area contributed by atoms with E-state index in [1.54, 1.807) is 0 Å². The van der Waals surface area contributed by atoms with Crippen molar-refractivity contribution in [3.63, 3.8) is 0 Å². The van der Waals surface area contributed by atoms with Crippen LogP contribution >= 0.6 is 15.9 Å². The summed E-state index contributed by atoms with van der Waals surface area (Å²) in [5, 5.41) is 1.08. The minimum Gasteiger partial charge on any atom is -0.381 e. The molecule has 0 aliphatic carbocycles. The molecule has 1 rings (SSSR count). The van der Waals surface area contributed by atoms with E-state index < -0.39 is 0 Å². The third-order valence-corrected chi connectivity index (χ3v) is 2.73. The highest BCUT2D eigenvalue weighted by molar-refractivity contribution is 9.09. The van der Waals surface area contributed by atoms with E-state index in [0.29, 0.717) is 0 Å². The van der Waals surface area contributed by atoms with Crippen molar-refractivity contribution in [1.82, 2.24) is 4.90 Å². The number of alkyl halides is 1. The van der Waals surface area contributed by atoms with Crippen LogP contribution in [0.15, 0.2) is 0 Å². The second-order valence-corrected chi connectivity index (χ2v) is 4.30. The molecular weight excluding hydrogens is 218 g/mol. The molecule has 1 fully saturated rings. The first kappa shape index (κ1) is 10.5. The molecule has 0 bridgehead atoms. The molecule has 1 aliphatic heterocycles. The molecule has 0 aromatic heterocycles. The van der Waals surface area contributed by atoms with Gasteiger partial charge in [-0.3, -0.25) is 0 Å². The van der Waals surface area contributed by atoms with Crippen molar-refractivity contribution in [1.29, 1.82) is 0 Å². The molecule has 0 spiro atoms.